The van der Waals surface area contributed by atoms with Gasteiger partial charge in [-0.3, -0.25) is 9.59 Å². The molecular formula is C26H30FNO5. The zero-order valence-electron chi connectivity index (χ0n) is 19.4. The molecule has 0 saturated carbocycles. The summed E-state index contributed by atoms with van der Waals surface area (Å²) in [6.07, 6.45) is 2.50. The van der Waals surface area contributed by atoms with Crippen molar-refractivity contribution in [1.82, 2.24) is 4.90 Å². The number of hydrogen-bond donors (Lipinski definition) is 1. The van der Waals surface area contributed by atoms with Gasteiger partial charge in [-0.1, -0.05) is 31.9 Å². The monoisotopic (exact) mass is 455 g/mol. The molecule has 0 aliphatic carbocycles. The average molecular weight is 456 g/mol. The summed E-state index contributed by atoms with van der Waals surface area (Å²) in [5, 5.41) is 11.2. The molecule has 2 aromatic rings. The van der Waals surface area contributed by atoms with Crippen molar-refractivity contribution in [3.63, 3.8) is 0 Å². The number of hydrogen-bond acceptors (Lipinski definition) is 5. The summed E-state index contributed by atoms with van der Waals surface area (Å²) in [5.74, 6) is -1.79. The quantitative estimate of drug-likeness (QED) is 0.242. The number of likely N-dealkylation sites (tertiary alicyclic amines) is 1. The summed E-state index contributed by atoms with van der Waals surface area (Å²) in [5.41, 5.74) is 0.548. The second kappa shape index (κ2) is 10.5. The van der Waals surface area contributed by atoms with Crippen molar-refractivity contribution in [2.24, 2.45) is 0 Å². The summed E-state index contributed by atoms with van der Waals surface area (Å²) in [6.45, 7) is 6.21. The molecule has 2 aromatic carbocycles. The van der Waals surface area contributed by atoms with Gasteiger partial charge in [0, 0.05) is 6.54 Å². The van der Waals surface area contributed by atoms with Crippen LogP contribution in [0.15, 0.2) is 48.0 Å². The number of ether oxygens (including phenoxy) is 2. The first-order chi connectivity index (χ1) is 15.8. The summed E-state index contributed by atoms with van der Waals surface area (Å²) in [4.78, 5) is 27.6. The van der Waals surface area contributed by atoms with E-state index in [1.807, 2.05) is 13.8 Å². The molecule has 1 heterocycles. The molecule has 1 aliphatic rings. The molecule has 7 heteroatoms. The fourth-order valence-electron chi connectivity index (χ4n) is 4.03. The molecule has 33 heavy (non-hydrogen) atoms. The van der Waals surface area contributed by atoms with Crippen molar-refractivity contribution in [3.05, 3.63) is 65.0 Å². The van der Waals surface area contributed by atoms with E-state index in [4.69, 9.17) is 9.47 Å². The average Bonchev–Trinajstić information content (AvgIpc) is 3.03. The van der Waals surface area contributed by atoms with Gasteiger partial charge >= 0.3 is 0 Å². The first-order valence-electron chi connectivity index (χ1n) is 11.2. The molecule has 1 aliphatic heterocycles. The number of halogens is 1. The van der Waals surface area contributed by atoms with E-state index < -0.39 is 29.3 Å². The van der Waals surface area contributed by atoms with Crippen LogP contribution in [0.4, 0.5) is 4.39 Å². The molecule has 0 bridgehead atoms. The number of unbranched alkanes of at least 4 members (excludes halogenated alkanes) is 2. The molecule has 1 amide bonds. The van der Waals surface area contributed by atoms with Gasteiger partial charge in [-0.2, -0.15) is 0 Å². The Balaban J connectivity index is 2.18. The lowest BCUT2D eigenvalue weighted by atomic mass is 9.94. The van der Waals surface area contributed by atoms with Crippen LogP contribution in [-0.4, -0.2) is 41.5 Å². The molecule has 1 fully saturated rings. The van der Waals surface area contributed by atoms with E-state index in [9.17, 15) is 19.1 Å². The van der Waals surface area contributed by atoms with Gasteiger partial charge in [0.2, 0.25) is 0 Å². The Labute approximate surface area is 193 Å². The van der Waals surface area contributed by atoms with Gasteiger partial charge in [0.15, 0.2) is 0 Å². The van der Waals surface area contributed by atoms with Crippen molar-refractivity contribution >= 4 is 17.4 Å². The number of carbonyl (C=O) groups excluding carboxylic acids is 2. The van der Waals surface area contributed by atoms with Gasteiger partial charge in [-0.25, -0.2) is 4.39 Å². The summed E-state index contributed by atoms with van der Waals surface area (Å²) < 4.78 is 25.1. The Morgan fingerprint density at radius 3 is 2.58 bits per heavy atom. The minimum absolute atomic E-state index is 0.0173. The molecule has 0 aromatic heterocycles. The van der Waals surface area contributed by atoms with Crippen molar-refractivity contribution < 1.29 is 28.6 Å². The molecule has 0 radical (unpaired) electrons. The number of rotatable bonds is 9. The van der Waals surface area contributed by atoms with Crippen LogP contribution in [0.1, 0.15) is 57.2 Å². The Morgan fingerprint density at radius 2 is 1.91 bits per heavy atom. The van der Waals surface area contributed by atoms with E-state index in [1.54, 1.807) is 24.3 Å². The van der Waals surface area contributed by atoms with E-state index in [1.165, 1.54) is 24.1 Å². The minimum Gasteiger partial charge on any atom is -0.507 e. The molecule has 1 atom stereocenters. The first-order valence-corrected chi connectivity index (χ1v) is 11.2. The lowest BCUT2D eigenvalue weighted by Gasteiger charge is -2.26. The standard InChI is InChI=1S/C26H30FNO5/c1-5-6-7-13-28-23(17-9-8-10-19(14-17)33-16(2)3)22(25(30)26(28)31)24(29)20-15-18(27)11-12-21(20)32-4/h8-12,14-16,23,29H,5-7,13H2,1-4H3/b24-22+. The molecule has 1 unspecified atom stereocenters. The predicted octanol–water partition coefficient (Wildman–Crippen LogP) is 5.23. The Hall–Kier alpha value is -3.35. The van der Waals surface area contributed by atoms with Gasteiger partial charge in [-0.05, 0) is 56.2 Å². The van der Waals surface area contributed by atoms with Crippen molar-refractivity contribution in [2.75, 3.05) is 13.7 Å². The number of methoxy groups -OCH3 is 1. The second-order valence-electron chi connectivity index (χ2n) is 8.28. The maximum Gasteiger partial charge on any atom is 0.295 e. The summed E-state index contributed by atoms with van der Waals surface area (Å²) >= 11 is 0. The summed E-state index contributed by atoms with van der Waals surface area (Å²) in [6, 6.07) is 9.95. The van der Waals surface area contributed by atoms with Crippen molar-refractivity contribution in [3.8, 4) is 11.5 Å². The Morgan fingerprint density at radius 1 is 1.15 bits per heavy atom. The van der Waals surface area contributed by atoms with Gasteiger partial charge in [0.05, 0.1) is 30.4 Å². The highest BCUT2D eigenvalue weighted by Crippen LogP contribution is 2.42. The van der Waals surface area contributed by atoms with Crippen LogP contribution in [0.3, 0.4) is 0 Å². The molecule has 176 valence electrons. The smallest absolute Gasteiger partial charge is 0.295 e. The van der Waals surface area contributed by atoms with Crippen LogP contribution in [0.25, 0.3) is 5.76 Å². The lowest BCUT2D eigenvalue weighted by molar-refractivity contribution is -0.139. The zero-order valence-corrected chi connectivity index (χ0v) is 19.4. The van der Waals surface area contributed by atoms with E-state index in [0.29, 0.717) is 24.3 Å². The molecule has 1 saturated heterocycles. The number of benzene rings is 2. The van der Waals surface area contributed by atoms with Crippen LogP contribution in [-0.2, 0) is 9.59 Å². The fourth-order valence-corrected chi connectivity index (χ4v) is 4.03. The predicted molar refractivity (Wildman–Crippen MR) is 124 cm³/mol. The largest absolute Gasteiger partial charge is 0.507 e. The number of Topliss-reactive ketones (excluding diaryl/α,β-unsaturated/α-hetero) is 1. The second-order valence-corrected chi connectivity index (χ2v) is 8.28. The highest BCUT2D eigenvalue weighted by Gasteiger charge is 2.46. The lowest BCUT2D eigenvalue weighted by Crippen LogP contribution is -2.30. The third-order valence-electron chi connectivity index (χ3n) is 5.50. The van der Waals surface area contributed by atoms with Gasteiger partial charge < -0.3 is 19.5 Å². The number of ketones is 1. The van der Waals surface area contributed by atoms with E-state index in [0.717, 1.165) is 18.9 Å². The van der Waals surface area contributed by atoms with Crippen LogP contribution in [0, 0.1) is 5.82 Å². The third-order valence-corrected chi connectivity index (χ3v) is 5.50. The first kappa shape index (κ1) is 24.3. The van der Waals surface area contributed by atoms with E-state index >= 15 is 0 Å². The van der Waals surface area contributed by atoms with Crippen LogP contribution >= 0.6 is 0 Å². The van der Waals surface area contributed by atoms with E-state index in [-0.39, 0.29) is 23.0 Å². The normalized spacial score (nSPS) is 17.6. The Bertz CT molecular complexity index is 1060. The minimum atomic E-state index is -0.828. The number of carbonyl (C=O) groups is 2. The van der Waals surface area contributed by atoms with Gasteiger partial charge in [0.25, 0.3) is 11.7 Å². The van der Waals surface area contributed by atoms with Crippen molar-refractivity contribution in [1.29, 1.82) is 0 Å². The van der Waals surface area contributed by atoms with Gasteiger partial charge in [0.1, 0.15) is 23.1 Å². The number of aliphatic hydroxyl groups excluding tert-OH is 1. The van der Waals surface area contributed by atoms with Crippen LogP contribution < -0.4 is 9.47 Å². The fraction of sp³-hybridized carbons (Fsp3) is 0.385. The van der Waals surface area contributed by atoms with Crippen molar-refractivity contribution in [2.45, 2.75) is 52.2 Å². The maximum atomic E-state index is 14.0. The SMILES string of the molecule is CCCCCN1C(=O)C(=O)/C(=C(/O)c2cc(F)ccc2OC)C1c1cccc(OC(C)C)c1. The molecular weight excluding hydrogens is 425 g/mol. The molecule has 3 rings (SSSR count). The number of aliphatic hydroxyl groups is 1. The van der Waals surface area contributed by atoms with E-state index in [2.05, 4.69) is 6.92 Å². The maximum absolute atomic E-state index is 14.0. The molecule has 6 nitrogen and oxygen atoms in total. The number of amides is 1. The van der Waals surface area contributed by atoms with Crippen LogP contribution in [0.5, 0.6) is 11.5 Å². The molecule has 1 N–H and O–H groups in total. The van der Waals surface area contributed by atoms with Crippen LogP contribution in [0.2, 0.25) is 0 Å². The third kappa shape index (κ3) is 5.18. The van der Waals surface area contributed by atoms with Gasteiger partial charge in [-0.15, -0.1) is 0 Å². The topological polar surface area (TPSA) is 76.1 Å². The highest BCUT2D eigenvalue weighted by atomic mass is 19.1. The zero-order chi connectivity index (χ0) is 24.1. The highest BCUT2D eigenvalue weighted by molar-refractivity contribution is 6.46. The number of nitrogens with zero attached hydrogens (tertiary/aromatic N) is 1. The molecule has 0 spiro atoms. The Kier molecular flexibility index (Phi) is 7.74. The summed E-state index contributed by atoms with van der Waals surface area (Å²) in [7, 11) is 1.39.